The molecule has 0 fully saturated rings. The highest BCUT2D eigenvalue weighted by Crippen LogP contribution is 2.37. The molecule has 0 unspecified atom stereocenters. The molecule has 0 bridgehead atoms. The van der Waals surface area contributed by atoms with Gasteiger partial charge in [0.15, 0.2) is 0 Å². The van der Waals surface area contributed by atoms with Crippen molar-refractivity contribution >= 4 is 27.0 Å². The molecule has 0 saturated carbocycles. The van der Waals surface area contributed by atoms with Gasteiger partial charge in [-0.2, -0.15) is 0 Å². The van der Waals surface area contributed by atoms with E-state index in [4.69, 9.17) is 0 Å². The van der Waals surface area contributed by atoms with E-state index in [1.807, 2.05) is 30.5 Å². The molecule has 0 aliphatic carbocycles. The van der Waals surface area contributed by atoms with Crippen LogP contribution in [0.2, 0.25) is 0 Å². The summed E-state index contributed by atoms with van der Waals surface area (Å²) in [4.78, 5) is 4.66. The number of nitrogens with zero attached hydrogens (tertiary/aromatic N) is 2. The summed E-state index contributed by atoms with van der Waals surface area (Å²) in [7, 11) is -3.29. The van der Waals surface area contributed by atoms with E-state index in [1.54, 1.807) is 12.1 Å². The average Bonchev–Trinajstić information content (AvgIpc) is 3.17. The third-order valence-electron chi connectivity index (χ3n) is 4.48. The van der Waals surface area contributed by atoms with Crippen molar-refractivity contribution < 1.29 is 12.8 Å². The highest BCUT2D eigenvalue weighted by molar-refractivity contribution is 7.92. The fourth-order valence-corrected chi connectivity index (χ4v) is 5.50. The van der Waals surface area contributed by atoms with Gasteiger partial charge < -0.3 is 0 Å². The summed E-state index contributed by atoms with van der Waals surface area (Å²) in [5.41, 5.74) is 4.42. The number of rotatable bonds is 3. The van der Waals surface area contributed by atoms with Gasteiger partial charge in [0.1, 0.15) is 10.8 Å². The Labute approximate surface area is 156 Å². The maximum atomic E-state index is 13.1. The van der Waals surface area contributed by atoms with Crippen molar-refractivity contribution in [3.63, 3.8) is 0 Å². The molecule has 134 valence electrons. The fourth-order valence-electron chi connectivity index (χ4n) is 3.40. The second-order valence-corrected chi connectivity index (χ2v) is 9.22. The van der Waals surface area contributed by atoms with Crippen LogP contribution < -0.4 is 4.31 Å². The molecule has 2 heterocycles. The van der Waals surface area contributed by atoms with E-state index in [0.29, 0.717) is 6.42 Å². The molecule has 3 aromatic rings. The average molecular weight is 388 g/mol. The van der Waals surface area contributed by atoms with Gasteiger partial charge in [0, 0.05) is 22.5 Å². The van der Waals surface area contributed by atoms with E-state index in [-0.39, 0.29) is 11.9 Å². The zero-order valence-corrected chi connectivity index (χ0v) is 15.9. The van der Waals surface area contributed by atoms with Gasteiger partial charge in [-0.15, -0.1) is 11.3 Å². The van der Waals surface area contributed by atoms with Gasteiger partial charge in [-0.3, -0.25) is 4.31 Å². The summed E-state index contributed by atoms with van der Waals surface area (Å²) >= 11 is 1.50. The van der Waals surface area contributed by atoms with Crippen molar-refractivity contribution in [2.45, 2.75) is 19.4 Å². The van der Waals surface area contributed by atoms with E-state index in [0.717, 1.165) is 33.1 Å². The number of hydrogen-bond acceptors (Lipinski definition) is 4. The molecule has 4 rings (SSSR count). The fraction of sp³-hybridized carbons (Fsp3) is 0.211. The molecule has 2 aromatic carbocycles. The predicted octanol–water partition coefficient (Wildman–Crippen LogP) is 4.33. The summed E-state index contributed by atoms with van der Waals surface area (Å²) in [6, 6.07) is 12.0. The van der Waals surface area contributed by atoms with Crippen LogP contribution in [0.5, 0.6) is 0 Å². The maximum Gasteiger partial charge on any atom is 0.232 e. The minimum Gasteiger partial charge on any atom is -0.267 e. The molecular formula is C19H17FN2O2S2. The summed E-state index contributed by atoms with van der Waals surface area (Å²) < 4.78 is 38.6. The Morgan fingerprint density at radius 3 is 2.54 bits per heavy atom. The first-order valence-corrected chi connectivity index (χ1v) is 10.9. The van der Waals surface area contributed by atoms with Crippen molar-refractivity contribution in [1.29, 1.82) is 0 Å². The van der Waals surface area contributed by atoms with Crippen LogP contribution in [0.15, 0.2) is 47.8 Å². The molecule has 0 radical (unpaired) electrons. The summed E-state index contributed by atoms with van der Waals surface area (Å²) in [5, 5.41) is 2.79. The van der Waals surface area contributed by atoms with E-state index < -0.39 is 10.0 Å². The highest BCUT2D eigenvalue weighted by atomic mass is 32.2. The van der Waals surface area contributed by atoms with E-state index in [2.05, 4.69) is 4.98 Å². The minimum atomic E-state index is -3.29. The van der Waals surface area contributed by atoms with Crippen LogP contribution in [-0.4, -0.2) is 25.7 Å². The normalized spacial score (nSPS) is 16.7. The second-order valence-electron chi connectivity index (χ2n) is 6.50. The Balaban J connectivity index is 1.69. The van der Waals surface area contributed by atoms with Crippen LogP contribution in [0.1, 0.15) is 12.5 Å². The van der Waals surface area contributed by atoms with Gasteiger partial charge in [0.05, 0.1) is 17.6 Å². The van der Waals surface area contributed by atoms with Crippen LogP contribution in [0.3, 0.4) is 0 Å². The Morgan fingerprint density at radius 2 is 1.85 bits per heavy atom. The number of aromatic nitrogens is 1. The van der Waals surface area contributed by atoms with Crippen molar-refractivity contribution in [3.05, 3.63) is 59.2 Å². The molecule has 0 spiro atoms. The number of thiazole rings is 1. The van der Waals surface area contributed by atoms with Gasteiger partial charge in [0.2, 0.25) is 10.0 Å². The Bertz CT molecular complexity index is 1080. The largest absolute Gasteiger partial charge is 0.267 e. The molecule has 1 aliphatic heterocycles. The van der Waals surface area contributed by atoms with Crippen molar-refractivity contribution in [2.75, 3.05) is 10.6 Å². The van der Waals surface area contributed by atoms with E-state index >= 15 is 0 Å². The maximum absolute atomic E-state index is 13.1. The quantitative estimate of drug-likeness (QED) is 0.671. The number of halogens is 1. The topological polar surface area (TPSA) is 50.3 Å². The molecule has 1 atom stereocenters. The van der Waals surface area contributed by atoms with Crippen LogP contribution in [0, 0.1) is 5.82 Å². The van der Waals surface area contributed by atoms with Crippen LogP contribution in [0.25, 0.3) is 21.8 Å². The number of fused-ring (bicyclic) bond motifs is 1. The van der Waals surface area contributed by atoms with Crippen LogP contribution in [0.4, 0.5) is 10.1 Å². The lowest BCUT2D eigenvalue weighted by molar-refractivity contribution is 0.590. The molecular weight excluding hydrogens is 371 g/mol. The lowest BCUT2D eigenvalue weighted by Crippen LogP contribution is -2.34. The first-order chi connectivity index (χ1) is 12.3. The molecule has 1 aliphatic rings. The number of hydrogen-bond donors (Lipinski definition) is 0. The monoisotopic (exact) mass is 388 g/mol. The number of sulfonamides is 1. The summed E-state index contributed by atoms with van der Waals surface area (Å²) in [6.07, 6.45) is 1.92. The summed E-state index contributed by atoms with van der Waals surface area (Å²) in [6.45, 7) is 1.91. The Hall–Kier alpha value is -2.25. The van der Waals surface area contributed by atoms with Crippen molar-refractivity contribution in [1.82, 2.24) is 4.98 Å². The van der Waals surface area contributed by atoms with E-state index in [1.165, 1.54) is 34.0 Å². The first-order valence-electron chi connectivity index (χ1n) is 8.17. The van der Waals surface area contributed by atoms with Gasteiger partial charge in [-0.25, -0.2) is 17.8 Å². The molecule has 4 nitrogen and oxygen atoms in total. The van der Waals surface area contributed by atoms with E-state index in [9.17, 15) is 12.8 Å². The van der Waals surface area contributed by atoms with Gasteiger partial charge in [0.25, 0.3) is 0 Å². The third-order valence-corrected chi connectivity index (χ3v) is 6.64. The van der Waals surface area contributed by atoms with Gasteiger partial charge in [-0.05, 0) is 55.3 Å². The lowest BCUT2D eigenvalue weighted by atomic mass is 10.1. The van der Waals surface area contributed by atoms with Crippen molar-refractivity contribution in [2.24, 2.45) is 0 Å². The minimum absolute atomic E-state index is 0.0829. The standard InChI is InChI=1S/C19H17FN2O2S2/c1-12-9-15-10-14(5-8-18(15)22(12)26(2,23)24)17-11-25-19(21-17)13-3-6-16(20)7-4-13/h3-8,10-12H,9H2,1-2H3/t12-/m1/s1. The zero-order chi connectivity index (χ0) is 18.5. The number of benzene rings is 2. The second kappa shape index (κ2) is 6.17. The molecule has 0 saturated heterocycles. The third kappa shape index (κ3) is 3.01. The Kier molecular flexibility index (Phi) is 4.08. The molecule has 7 heteroatoms. The Morgan fingerprint density at radius 1 is 1.15 bits per heavy atom. The highest BCUT2D eigenvalue weighted by Gasteiger charge is 2.32. The van der Waals surface area contributed by atoms with Crippen LogP contribution in [-0.2, 0) is 16.4 Å². The lowest BCUT2D eigenvalue weighted by Gasteiger charge is -2.21. The zero-order valence-electron chi connectivity index (χ0n) is 14.3. The summed E-state index contributed by atoms with van der Waals surface area (Å²) in [5.74, 6) is -0.270. The van der Waals surface area contributed by atoms with Crippen LogP contribution >= 0.6 is 11.3 Å². The smallest absolute Gasteiger partial charge is 0.232 e. The number of anilines is 1. The predicted molar refractivity (Wildman–Crippen MR) is 103 cm³/mol. The first kappa shape index (κ1) is 17.2. The molecule has 1 aromatic heterocycles. The molecule has 0 amide bonds. The molecule has 0 N–H and O–H groups in total. The SMILES string of the molecule is C[C@@H]1Cc2cc(-c3csc(-c4ccc(F)cc4)n3)ccc2N1S(C)(=O)=O. The van der Waals surface area contributed by atoms with Gasteiger partial charge in [-0.1, -0.05) is 6.07 Å². The van der Waals surface area contributed by atoms with Gasteiger partial charge >= 0.3 is 0 Å². The molecule has 26 heavy (non-hydrogen) atoms. The van der Waals surface area contributed by atoms with Crippen molar-refractivity contribution in [3.8, 4) is 21.8 Å².